The molecular weight excluding hydrogens is 236 g/mol. The van der Waals surface area contributed by atoms with Crippen LogP contribution in [0.25, 0.3) is 0 Å². The molecule has 0 saturated carbocycles. The molecule has 0 spiro atoms. The van der Waals surface area contributed by atoms with E-state index in [4.69, 9.17) is 0 Å². The molecule has 0 fully saturated rings. The summed E-state index contributed by atoms with van der Waals surface area (Å²) in [5.74, 6) is 1.21. The molecule has 104 valence electrons. The van der Waals surface area contributed by atoms with Crippen molar-refractivity contribution in [1.29, 1.82) is 0 Å². The van der Waals surface area contributed by atoms with Gasteiger partial charge in [0, 0.05) is 25.6 Å². The molecular formula is C15H24N4. The largest absolute Gasteiger partial charge is 0.361 e. The Bertz CT molecular complexity index is 416. The normalized spacial score (nSPS) is 10.5. The summed E-state index contributed by atoms with van der Waals surface area (Å²) in [7, 11) is 1.92. The van der Waals surface area contributed by atoms with E-state index in [0.29, 0.717) is 5.92 Å². The number of hydrogen-bond acceptors (Lipinski definition) is 4. The molecule has 0 aliphatic carbocycles. The van der Waals surface area contributed by atoms with Gasteiger partial charge < -0.3 is 10.2 Å². The van der Waals surface area contributed by atoms with Crippen molar-refractivity contribution in [3.63, 3.8) is 0 Å². The zero-order valence-electron chi connectivity index (χ0n) is 12.2. The SMILES string of the molecule is C=CCN(CC=C)c1cnc(C(C)C)nc1CNC. The molecule has 0 radical (unpaired) electrons. The van der Waals surface area contributed by atoms with E-state index < -0.39 is 0 Å². The van der Waals surface area contributed by atoms with Crippen molar-refractivity contribution in [2.24, 2.45) is 0 Å². The van der Waals surface area contributed by atoms with Gasteiger partial charge in [-0.05, 0) is 7.05 Å². The van der Waals surface area contributed by atoms with E-state index in [0.717, 1.165) is 36.8 Å². The molecule has 0 saturated heterocycles. The molecule has 1 heterocycles. The molecule has 4 heteroatoms. The highest BCUT2D eigenvalue weighted by atomic mass is 15.1. The van der Waals surface area contributed by atoms with Gasteiger partial charge in [-0.25, -0.2) is 9.97 Å². The first-order chi connectivity index (χ1) is 9.13. The van der Waals surface area contributed by atoms with Crippen LogP contribution in [0.3, 0.4) is 0 Å². The molecule has 0 aliphatic rings. The Morgan fingerprint density at radius 2 is 1.95 bits per heavy atom. The van der Waals surface area contributed by atoms with Gasteiger partial charge in [0.2, 0.25) is 0 Å². The number of rotatable bonds is 8. The van der Waals surface area contributed by atoms with Crippen LogP contribution in [0.1, 0.15) is 31.3 Å². The summed E-state index contributed by atoms with van der Waals surface area (Å²) >= 11 is 0. The summed E-state index contributed by atoms with van der Waals surface area (Å²) in [6.07, 6.45) is 5.66. The molecule has 1 aromatic heterocycles. The molecule has 1 N–H and O–H groups in total. The number of hydrogen-bond donors (Lipinski definition) is 1. The van der Waals surface area contributed by atoms with Crippen molar-refractivity contribution in [2.75, 3.05) is 25.0 Å². The zero-order valence-corrected chi connectivity index (χ0v) is 12.2. The molecule has 0 aliphatic heterocycles. The fourth-order valence-electron chi connectivity index (χ4n) is 1.85. The van der Waals surface area contributed by atoms with Crippen molar-refractivity contribution in [1.82, 2.24) is 15.3 Å². The van der Waals surface area contributed by atoms with Crippen LogP contribution in [0.4, 0.5) is 5.69 Å². The first-order valence-corrected chi connectivity index (χ1v) is 6.61. The number of aromatic nitrogens is 2. The number of nitrogens with one attached hydrogen (secondary N) is 1. The quantitative estimate of drug-likeness (QED) is 0.729. The average molecular weight is 260 g/mol. The van der Waals surface area contributed by atoms with Gasteiger partial charge in [-0.2, -0.15) is 0 Å². The highest BCUT2D eigenvalue weighted by molar-refractivity contribution is 5.50. The maximum Gasteiger partial charge on any atom is 0.131 e. The maximum atomic E-state index is 4.66. The average Bonchev–Trinajstić information content (AvgIpc) is 2.39. The second-order valence-corrected chi connectivity index (χ2v) is 4.73. The first-order valence-electron chi connectivity index (χ1n) is 6.61. The topological polar surface area (TPSA) is 41.1 Å². The summed E-state index contributed by atoms with van der Waals surface area (Å²) in [6.45, 7) is 14.0. The third-order valence-electron chi connectivity index (χ3n) is 2.76. The first kappa shape index (κ1) is 15.4. The summed E-state index contributed by atoms with van der Waals surface area (Å²) in [5.41, 5.74) is 2.06. The summed E-state index contributed by atoms with van der Waals surface area (Å²) < 4.78 is 0. The van der Waals surface area contributed by atoms with Gasteiger partial charge in [-0.3, -0.25) is 0 Å². The van der Waals surface area contributed by atoms with Crippen LogP contribution in [0, 0.1) is 0 Å². The summed E-state index contributed by atoms with van der Waals surface area (Å²) in [4.78, 5) is 11.3. The molecule has 1 aromatic rings. The Labute approximate surface area is 116 Å². The predicted molar refractivity (Wildman–Crippen MR) is 81.5 cm³/mol. The third-order valence-corrected chi connectivity index (χ3v) is 2.76. The molecule has 1 rings (SSSR count). The van der Waals surface area contributed by atoms with E-state index in [1.807, 2.05) is 25.4 Å². The Morgan fingerprint density at radius 1 is 1.32 bits per heavy atom. The molecule has 0 amide bonds. The van der Waals surface area contributed by atoms with Crippen LogP contribution in [-0.2, 0) is 6.54 Å². The van der Waals surface area contributed by atoms with E-state index in [9.17, 15) is 0 Å². The Balaban J connectivity index is 3.15. The molecule has 19 heavy (non-hydrogen) atoms. The molecule has 0 unspecified atom stereocenters. The molecule has 0 aromatic carbocycles. The van der Waals surface area contributed by atoms with Crippen LogP contribution in [0.5, 0.6) is 0 Å². The fourth-order valence-corrected chi connectivity index (χ4v) is 1.85. The van der Waals surface area contributed by atoms with Gasteiger partial charge in [0.1, 0.15) is 5.82 Å². The molecule has 0 bridgehead atoms. The second-order valence-electron chi connectivity index (χ2n) is 4.73. The van der Waals surface area contributed by atoms with E-state index in [2.05, 4.69) is 47.2 Å². The van der Waals surface area contributed by atoms with Gasteiger partial charge in [-0.1, -0.05) is 26.0 Å². The van der Waals surface area contributed by atoms with Gasteiger partial charge in [-0.15, -0.1) is 13.2 Å². The summed E-state index contributed by atoms with van der Waals surface area (Å²) in [5, 5.41) is 3.16. The van der Waals surface area contributed by atoms with E-state index in [-0.39, 0.29) is 0 Å². The number of nitrogens with zero attached hydrogens (tertiary/aromatic N) is 3. The zero-order chi connectivity index (χ0) is 14.3. The maximum absolute atomic E-state index is 4.66. The minimum absolute atomic E-state index is 0.330. The van der Waals surface area contributed by atoms with Crippen molar-refractivity contribution in [3.05, 3.63) is 43.0 Å². The Kier molecular flexibility index (Phi) is 6.22. The lowest BCUT2D eigenvalue weighted by Crippen LogP contribution is -2.26. The minimum atomic E-state index is 0.330. The lowest BCUT2D eigenvalue weighted by molar-refractivity contribution is 0.720. The molecule has 0 atom stereocenters. The second kappa shape index (κ2) is 7.69. The van der Waals surface area contributed by atoms with Crippen LogP contribution in [0.15, 0.2) is 31.5 Å². The van der Waals surface area contributed by atoms with Crippen LogP contribution in [-0.4, -0.2) is 30.1 Å². The van der Waals surface area contributed by atoms with Gasteiger partial charge >= 0.3 is 0 Å². The molecule has 4 nitrogen and oxygen atoms in total. The van der Waals surface area contributed by atoms with Crippen LogP contribution < -0.4 is 10.2 Å². The van der Waals surface area contributed by atoms with Crippen molar-refractivity contribution < 1.29 is 0 Å². The Hall–Kier alpha value is -1.68. The lowest BCUT2D eigenvalue weighted by Gasteiger charge is -2.24. The van der Waals surface area contributed by atoms with Crippen molar-refractivity contribution >= 4 is 5.69 Å². The number of anilines is 1. The third kappa shape index (κ3) is 4.17. The van der Waals surface area contributed by atoms with Gasteiger partial charge in [0.05, 0.1) is 17.6 Å². The van der Waals surface area contributed by atoms with Gasteiger partial charge in [0.15, 0.2) is 0 Å². The van der Waals surface area contributed by atoms with E-state index in [1.165, 1.54) is 0 Å². The fraction of sp³-hybridized carbons (Fsp3) is 0.467. The minimum Gasteiger partial charge on any atom is -0.361 e. The predicted octanol–water partition coefficient (Wildman–Crippen LogP) is 2.50. The van der Waals surface area contributed by atoms with Gasteiger partial charge in [0.25, 0.3) is 0 Å². The highest BCUT2D eigenvalue weighted by Gasteiger charge is 2.13. The van der Waals surface area contributed by atoms with Crippen LogP contribution >= 0.6 is 0 Å². The van der Waals surface area contributed by atoms with E-state index in [1.54, 1.807) is 0 Å². The Morgan fingerprint density at radius 3 is 2.42 bits per heavy atom. The van der Waals surface area contributed by atoms with Crippen molar-refractivity contribution in [3.8, 4) is 0 Å². The van der Waals surface area contributed by atoms with Crippen molar-refractivity contribution in [2.45, 2.75) is 26.3 Å². The van der Waals surface area contributed by atoms with E-state index >= 15 is 0 Å². The lowest BCUT2D eigenvalue weighted by atomic mass is 10.2. The monoisotopic (exact) mass is 260 g/mol. The van der Waals surface area contributed by atoms with Crippen LogP contribution in [0.2, 0.25) is 0 Å². The summed E-state index contributed by atoms with van der Waals surface area (Å²) in [6, 6.07) is 0. The standard InChI is InChI=1S/C15H24N4/c1-6-8-19(9-7-2)14-11-17-15(12(3)4)18-13(14)10-16-5/h6-7,11-12,16H,1-2,8-10H2,3-5H3. The highest BCUT2D eigenvalue weighted by Crippen LogP contribution is 2.20. The smallest absolute Gasteiger partial charge is 0.131 e.